The average molecular weight is 273 g/mol. The Kier molecular flexibility index (Phi) is 3.92. The van der Waals surface area contributed by atoms with Gasteiger partial charge in [0.25, 0.3) is 0 Å². The van der Waals surface area contributed by atoms with E-state index in [1.165, 1.54) is 36.8 Å². The van der Waals surface area contributed by atoms with E-state index < -0.39 is 0 Å². The van der Waals surface area contributed by atoms with E-state index in [0.717, 1.165) is 12.5 Å². The van der Waals surface area contributed by atoms with E-state index in [1.807, 2.05) is 0 Å². The van der Waals surface area contributed by atoms with Gasteiger partial charge in [-0.1, -0.05) is 37.1 Å². The maximum Gasteiger partial charge on any atom is 0.192 e. The Morgan fingerprint density at radius 2 is 1.95 bits per heavy atom. The van der Waals surface area contributed by atoms with Crippen molar-refractivity contribution >= 4 is 5.96 Å². The van der Waals surface area contributed by atoms with Gasteiger partial charge in [-0.15, -0.1) is 0 Å². The van der Waals surface area contributed by atoms with Crippen LogP contribution in [0.4, 0.5) is 0 Å². The van der Waals surface area contributed by atoms with Gasteiger partial charge >= 0.3 is 0 Å². The van der Waals surface area contributed by atoms with Crippen molar-refractivity contribution in [2.75, 3.05) is 13.7 Å². The third kappa shape index (κ3) is 2.52. The second kappa shape index (κ2) is 5.83. The summed E-state index contributed by atoms with van der Waals surface area (Å²) < 4.78 is 5.16. The molecule has 0 amide bonds. The number of ether oxygens (including phenoxy) is 1. The first-order chi connectivity index (χ1) is 9.79. The molecule has 1 atom stereocenters. The fourth-order valence-corrected chi connectivity index (χ4v) is 3.40. The van der Waals surface area contributed by atoms with Crippen LogP contribution < -0.4 is 5.73 Å². The Morgan fingerprint density at radius 3 is 2.60 bits per heavy atom. The number of hydrogen-bond acceptors (Lipinski definition) is 4. The normalized spacial score (nSPS) is 23.4. The number of methoxy groups -OCH3 is 1. The van der Waals surface area contributed by atoms with E-state index in [1.54, 1.807) is 7.11 Å². The molecule has 4 heteroatoms. The number of rotatable bonds is 4. The van der Waals surface area contributed by atoms with E-state index in [-0.39, 0.29) is 0 Å². The molecule has 1 fully saturated rings. The molecule has 1 aliphatic carbocycles. The van der Waals surface area contributed by atoms with Gasteiger partial charge < -0.3 is 15.4 Å². The highest BCUT2D eigenvalue weighted by atomic mass is 16.5. The van der Waals surface area contributed by atoms with Crippen LogP contribution in [0, 0.1) is 0 Å². The number of nitrogens with zero attached hydrogens (tertiary/aromatic N) is 2. The van der Waals surface area contributed by atoms with Crippen LogP contribution in [0.3, 0.4) is 0 Å². The smallest absolute Gasteiger partial charge is 0.192 e. The summed E-state index contributed by atoms with van der Waals surface area (Å²) >= 11 is 0. The van der Waals surface area contributed by atoms with Crippen molar-refractivity contribution in [2.45, 2.75) is 44.4 Å². The van der Waals surface area contributed by atoms with E-state index >= 15 is 0 Å². The summed E-state index contributed by atoms with van der Waals surface area (Å²) in [6.07, 6.45) is 5.12. The SMILES string of the molecule is COCc1ccc(C2CN=C(N)N2C2CCCC2)cc1. The highest BCUT2D eigenvalue weighted by Crippen LogP contribution is 2.34. The largest absolute Gasteiger partial charge is 0.380 e. The summed E-state index contributed by atoms with van der Waals surface area (Å²) in [6.45, 7) is 1.45. The Hall–Kier alpha value is -1.55. The lowest BCUT2D eigenvalue weighted by Crippen LogP contribution is -2.42. The van der Waals surface area contributed by atoms with Gasteiger partial charge in [0.05, 0.1) is 19.2 Å². The van der Waals surface area contributed by atoms with Crippen LogP contribution in [0.2, 0.25) is 0 Å². The van der Waals surface area contributed by atoms with Gasteiger partial charge in [0.2, 0.25) is 0 Å². The van der Waals surface area contributed by atoms with Gasteiger partial charge in [0.1, 0.15) is 0 Å². The molecule has 1 aromatic rings. The zero-order chi connectivity index (χ0) is 13.9. The lowest BCUT2D eigenvalue weighted by molar-refractivity contribution is 0.185. The van der Waals surface area contributed by atoms with Crippen molar-refractivity contribution < 1.29 is 4.74 Å². The van der Waals surface area contributed by atoms with Gasteiger partial charge in [-0.2, -0.15) is 0 Å². The number of benzene rings is 1. The molecular formula is C16H23N3O. The average Bonchev–Trinajstić information content (AvgIpc) is 3.09. The third-order valence-corrected chi connectivity index (χ3v) is 4.42. The van der Waals surface area contributed by atoms with Crippen LogP contribution in [0.5, 0.6) is 0 Å². The van der Waals surface area contributed by atoms with E-state index in [2.05, 4.69) is 34.2 Å². The summed E-state index contributed by atoms with van der Waals surface area (Å²) in [5.74, 6) is 0.725. The van der Waals surface area contributed by atoms with Crippen molar-refractivity contribution in [3.63, 3.8) is 0 Å². The number of aliphatic imine (C=N–C) groups is 1. The molecular weight excluding hydrogens is 250 g/mol. The fourth-order valence-electron chi connectivity index (χ4n) is 3.40. The predicted molar refractivity (Wildman–Crippen MR) is 80.5 cm³/mol. The molecule has 20 heavy (non-hydrogen) atoms. The second-order valence-electron chi connectivity index (χ2n) is 5.73. The molecule has 0 saturated heterocycles. The summed E-state index contributed by atoms with van der Waals surface area (Å²) in [7, 11) is 1.72. The molecule has 2 aliphatic rings. The van der Waals surface area contributed by atoms with Crippen LogP contribution >= 0.6 is 0 Å². The van der Waals surface area contributed by atoms with Crippen molar-refractivity contribution in [3.05, 3.63) is 35.4 Å². The number of hydrogen-bond donors (Lipinski definition) is 1. The minimum atomic E-state index is 0.315. The third-order valence-electron chi connectivity index (χ3n) is 4.42. The topological polar surface area (TPSA) is 50.9 Å². The van der Waals surface area contributed by atoms with Crippen LogP contribution in [0.25, 0.3) is 0 Å². The summed E-state index contributed by atoms with van der Waals surface area (Å²) in [4.78, 5) is 6.82. The minimum absolute atomic E-state index is 0.315. The molecule has 1 saturated carbocycles. The van der Waals surface area contributed by atoms with Gasteiger partial charge in [-0.3, -0.25) is 4.99 Å². The van der Waals surface area contributed by atoms with Crippen LogP contribution in [0.15, 0.2) is 29.3 Å². The zero-order valence-corrected chi connectivity index (χ0v) is 12.1. The molecule has 3 rings (SSSR count). The van der Waals surface area contributed by atoms with Crippen molar-refractivity contribution in [2.24, 2.45) is 10.7 Å². The molecule has 1 unspecified atom stereocenters. The molecule has 2 N–H and O–H groups in total. The van der Waals surface area contributed by atoms with Crippen molar-refractivity contribution in [3.8, 4) is 0 Å². The first-order valence-corrected chi connectivity index (χ1v) is 7.45. The minimum Gasteiger partial charge on any atom is -0.380 e. The Morgan fingerprint density at radius 1 is 1.25 bits per heavy atom. The van der Waals surface area contributed by atoms with Gasteiger partial charge in [0.15, 0.2) is 5.96 Å². The highest BCUT2D eigenvalue weighted by Gasteiger charge is 2.34. The Balaban J connectivity index is 1.78. The molecule has 1 aromatic carbocycles. The fraction of sp³-hybridized carbons (Fsp3) is 0.562. The Bertz CT molecular complexity index is 477. The molecule has 108 valence electrons. The Labute approximate surface area is 120 Å². The lowest BCUT2D eigenvalue weighted by atomic mass is 10.0. The van der Waals surface area contributed by atoms with E-state index in [0.29, 0.717) is 18.7 Å². The van der Waals surface area contributed by atoms with Gasteiger partial charge in [-0.25, -0.2) is 0 Å². The summed E-state index contributed by atoms with van der Waals surface area (Å²) in [5.41, 5.74) is 8.63. The molecule has 4 nitrogen and oxygen atoms in total. The van der Waals surface area contributed by atoms with Gasteiger partial charge in [-0.05, 0) is 24.0 Å². The molecule has 0 spiro atoms. The zero-order valence-electron chi connectivity index (χ0n) is 12.1. The molecule has 1 heterocycles. The van der Waals surface area contributed by atoms with Gasteiger partial charge in [0, 0.05) is 13.2 Å². The maximum absolute atomic E-state index is 6.12. The monoisotopic (exact) mass is 273 g/mol. The first kappa shape index (κ1) is 13.4. The molecule has 0 bridgehead atoms. The number of nitrogens with two attached hydrogens (primary N) is 1. The summed E-state index contributed by atoms with van der Waals surface area (Å²) in [6, 6.07) is 9.55. The quantitative estimate of drug-likeness (QED) is 0.916. The highest BCUT2D eigenvalue weighted by molar-refractivity contribution is 5.80. The van der Waals surface area contributed by atoms with Crippen LogP contribution in [-0.4, -0.2) is 30.6 Å². The predicted octanol–water partition coefficient (Wildman–Crippen LogP) is 2.45. The van der Waals surface area contributed by atoms with E-state index in [4.69, 9.17) is 10.5 Å². The maximum atomic E-state index is 6.12. The molecule has 0 aromatic heterocycles. The van der Waals surface area contributed by atoms with Crippen molar-refractivity contribution in [1.29, 1.82) is 0 Å². The summed E-state index contributed by atoms with van der Waals surface area (Å²) in [5, 5.41) is 0. The first-order valence-electron chi connectivity index (χ1n) is 7.45. The van der Waals surface area contributed by atoms with Crippen LogP contribution in [-0.2, 0) is 11.3 Å². The number of guanidine groups is 1. The molecule has 0 radical (unpaired) electrons. The van der Waals surface area contributed by atoms with Crippen LogP contribution in [0.1, 0.15) is 42.9 Å². The molecule has 1 aliphatic heterocycles. The lowest BCUT2D eigenvalue weighted by Gasteiger charge is -2.32. The standard InChI is InChI=1S/C16H23N3O/c1-20-11-12-6-8-13(9-7-12)15-10-18-16(17)19(15)14-4-2-3-5-14/h6-9,14-15H,2-5,10-11H2,1H3,(H2,17,18). The van der Waals surface area contributed by atoms with E-state index in [9.17, 15) is 0 Å². The second-order valence-corrected chi connectivity index (χ2v) is 5.73. The van der Waals surface area contributed by atoms with Crippen molar-refractivity contribution in [1.82, 2.24) is 4.90 Å².